The molecule has 2 aromatic carbocycles. The molecule has 1 atom stereocenters. The highest BCUT2D eigenvalue weighted by molar-refractivity contribution is 6.46. The predicted molar refractivity (Wildman–Crippen MR) is 146 cm³/mol. The number of aliphatic hydroxyl groups excluding tert-OH is 1. The number of likely N-dealkylation sites (tertiary alicyclic amines) is 1. The third kappa shape index (κ3) is 5.91. The number of hydrogen-bond donors (Lipinski definition) is 1. The number of carbonyl (C=O) groups excluding carboxylic acids is 3. The molecule has 1 amide bonds. The lowest BCUT2D eigenvalue weighted by molar-refractivity contribution is -0.140. The number of carbonyl (C=O) groups is 3. The van der Waals surface area contributed by atoms with E-state index in [2.05, 4.69) is 4.90 Å². The molecule has 8 heteroatoms. The van der Waals surface area contributed by atoms with Gasteiger partial charge in [0, 0.05) is 25.6 Å². The van der Waals surface area contributed by atoms with Crippen molar-refractivity contribution in [2.45, 2.75) is 53.5 Å². The second-order valence-corrected chi connectivity index (χ2v) is 9.75. The Labute approximate surface area is 224 Å². The van der Waals surface area contributed by atoms with Crippen LogP contribution < -0.4 is 9.47 Å². The topological polar surface area (TPSA) is 96.4 Å². The summed E-state index contributed by atoms with van der Waals surface area (Å²) in [6.45, 7) is 13.8. The van der Waals surface area contributed by atoms with Gasteiger partial charge in [-0.25, -0.2) is 0 Å². The van der Waals surface area contributed by atoms with E-state index in [1.54, 1.807) is 31.4 Å². The lowest BCUT2D eigenvalue weighted by atomic mass is 9.91. The summed E-state index contributed by atoms with van der Waals surface area (Å²) in [6, 6.07) is 9.55. The maximum Gasteiger partial charge on any atom is 0.308 e. The average molecular weight is 523 g/mol. The molecule has 1 aliphatic heterocycles. The zero-order valence-electron chi connectivity index (χ0n) is 23.3. The summed E-state index contributed by atoms with van der Waals surface area (Å²) in [5, 5.41) is 11.6. The molecule has 0 spiro atoms. The van der Waals surface area contributed by atoms with E-state index in [1.807, 2.05) is 46.8 Å². The maximum absolute atomic E-state index is 13.4. The Morgan fingerprint density at radius 2 is 1.74 bits per heavy atom. The molecular formula is C30H38N2O6. The number of benzene rings is 2. The van der Waals surface area contributed by atoms with E-state index in [0.717, 1.165) is 24.2 Å². The Balaban J connectivity index is 2.18. The van der Waals surface area contributed by atoms with Crippen molar-refractivity contribution in [1.82, 2.24) is 9.80 Å². The second-order valence-electron chi connectivity index (χ2n) is 9.75. The maximum atomic E-state index is 13.4. The van der Waals surface area contributed by atoms with Crippen LogP contribution in [0.4, 0.5) is 0 Å². The highest BCUT2D eigenvalue weighted by Gasteiger charge is 2.46. The number of nitrogens with zero attached hydrogens (tertiary/aromatic N) is 2. The van der Waals surface area contributed by atoms with Crippen molar-refractivity contribution >= 4 is 23.4 Å². The molecule has 1 N–H and O–H groups in total. The van der Waals surface area contributed by atoms with E-state index in [0.29, 0.717) is 35.7 Å². The highest BCUT2D eigenvalue weighted by Crippen LogP contribution is 2.41. The predicted octanol–water partition coefficient (Wildman–Crippen LogP) is 4.82. The molecule has 0 saturated carbocycles. The van der Waals surface area contributed by atoms with Gasteiger partial charge in [-0.15, -0.1) is 0 Å². The van der Waals surface area contributed by atoms with Crippen LogP contribution >= 0.6 is 0 Å². The van der Waals surface area contributed by atoms with Crippen LogP contribution in [0.25, 0.3) is 5.76 Å². The molecule has 2 aromatic rings. The first kappa shape index (κ1) is 28.9. The molecule has 204 valence electrons. The van der Waals surface area contributed by atoms with Gasteiger partial charge in [-0.05, 0) is 66.9 Å². The fourth-order valence-electron chi connectivity index (χ4n) is 4.86. The van der Waals surface area contributed by atoms with E-state index in [1.165, 1.54) is 11.8 Å². The summed E-state index contributed by atoms with van der Waals surface area (Å²) in [4.78, 5) is 41.8. The monoisotopic (exact) mass is 522 g/mol. The number of Topliss-reactive ketones (excluding diaryl/α,β-unsaturated/α-hetero) is 1. The molecule has 0 bridgehead atoms. The number of ketones is 1. The first-order chi connectivity index (χ1) is 18.0. The minimum atomic E-state index is -0.791. The number of methoxy groups -OCH3 is 1. The van der Waals surface area contributed by atoms with Crippen molar-refractivity contribution in [1.29, 1.82) is 0 Å². The Morgan fingerprint density at radius 1 is 1.11 bits per heavy atom. The van der Waals surface area contributed by atoms with Crippen LogP contribution in [-0.4, -0.2) is 65.9 Å². The number of rotatable bonds is 10. The Morgan fingerprint density at radius 3 is 2.26 bits per heavy atom. The molecule has 1 unspecified atom stereocenters. The number of likely N-dealkylation sites (N-methyl/N-ethyl adjacent to an activating group) is 1. The molecule has 0 aliphatic carbocycles. The van der Waals surface area contributed by atoms with Gasteiger partial charge >= 0.3 is 5.97 Å². The molecule has 0 radical (unpaired) electrons. The molecule has 1 saturated heterocycles. The number of aliphatic hydroxyl groups is 1. The standard InChI is InChI=1S/C30H38N2O6/c1-8-31(9-2)14-15-32-27(21-10-12-22(13-11-21)38-20(6)33)26(29(35)30(32)36)28(34)24-17-23(18(3)4)25(37-7)16-19(24)5/h10-13,16-18,27,34H,8-9,14-15H2,1-7H3/b28-26+. The third-order valence-corrected chi connectivity index (χ3v) is 7.00. The van der Waals surface area contributed by atoms with E-state index in [9.17, 15) is 19.5 Å². The largest absolute Gasteiger partial charge is 0.507 e. The van der Waals surface area contributed by atoms with Crippen LogP contribution in [0.15, 0.2) is 42.0 Å². The fourth-order valence-corrected chi connectivity index (χ4v) is 4.86. The van der Waals surface area contributed by atoms with Crippen molar-refractivity contribution in [3.05, 3.63) is 64.2 Å². The van der Waals surface area contributed by atoms with Crippen molar-refractivity contribution in [3.8, 4) is 11.5 Å². The first-order valence-electron chi connectivity index (χ1n) is 13.0. The van der Waals surface area contributed by atoms with Crippen molar-refractivity contribution in [2.75, 3.05) is 33.3 Å². The Kier molecular flexibility index (Phi) is 9.33. The average Bonchev–Trinajstić information content (AvgIpc) is 3.13. The zero-order chi connectivity index (χ0) is 28.1. The number of ether oxygens (including phenoxy) is 2. The van der Waals surface area contributed by atoms with Crippen LogP contribution in [0.5, 0.6) is 11.5 Å². The molecule has 38 heavy (non-hydrogen) atoms. The molecule has 0 aromatic heterocycles. The zero-order valence-corrected chi connectivity index (χ0v) is 23.3. The van der Waals surface area contributed by atoms with Gasteiger partial charge in [0.15, 0.2) is 0 Å². The van der Waals surface area contributed by atoms with Crippen molar-refractivity contribution < 1.29 is 29.0 Å². The minimum absolute atomic E-state index is 0.0396. The molecular weight excluding hydrogens is 484 g/mol. The van der Waals surface area contributed by atoms with Gasteiger partial charge in [0.1, 0.15) is 17.3 Å². The lowest BCUT2D eigenvalue weighted by Gasteiger charge is -2.28. The van der Waals surface area contributed by atoms with Crippen molar-refractivity contribution in [3.63, 3.8) is 0 Å². The summed E-state index contributed by atoms with van der Waals surface area (Å²) < 4.78 is 10.7. The molecule has 3 rings (SSSR count). The Bertz CT molecular complexity index is 1230. The molecule has 1 fully saturated rings. The highest BCUT2D eigenvalue weighted by atomic mass is 16.5. The van der Waals surface area contributed by atoms with E-state index in [-0.39, 0.29) is 17.3 Å². The number of esters is 1. The third-order valence-electron chi connectivity index (χ3n) is 7.00. The summed E-state index contributed by atoms with van der Waals surface area (Å²) >= 11 is 0. The van der Waals surface area contributed by atoms with E-state index < -0.39 is 23.7 Å². The van der Waals surface area contributed by atoms with Crippen LogP contribution in [0.3, 0.4) is 0 Å². The minimum Gasteiger partial charge on any atom is -0.507 e. The fraction of sp³-hybridized carbons (Fsp3) is 0.433. The van der Waals surface area contributed by atoms with Crippen molar-refractivity contribution in [2.24, 2.45) is 0 Å². The van der Waals surface area contributed by atoms with Gasteiger partial charge in [-0.2, -0.15) is 0 Å². The van der Waals surface area contributed by atoms with Gasteiger partial charge in [0.25, 0.3) is 11.7 Å². The SMILES string of the molecule is CCN(CC)CCN1C(=O)C(=O)/C(=C(/O)c2cc(C(C)C)c(OC)cc2C)C1c1ccc(OC(C)=O)cc1. The Hall–Kier alpha value is -3.65. The van der Waals surface area contributed by atoms with Crippen LogP contribution in [0, 0.1) is 6.92 Å². The second kappa shape index (κ2) is 12.3. The van der Waals surface area contributed by atoms with Crippen LogP contribution in [-0.2, 0) is 14.4 Å². The van der Waals surface area contributed by atoms with E-state index >= 15 is 0 Å². The van der Waals surface area contributed by atoms with Gasteiger partial charge in [0.05, 0.1) is 18.7 Å². The smallest absolute Gasteiger partial charge is 0.308 e. The summed E-state index contributed by atoms with van der Waals surface area (Å²) in [7, 11) is 1.60. The quantitative estimate of drug-likeness (QED) is 0.157. The number of amides is 1. The van der Waals surface area contributed by atoms with Gasteiger partial charge in [-0.1, -0.05) is 39.8 Å². The molecule has 1 aliphatic rings. The van der Waals surface area contributed by atoms with Gasteiger partial charge in [0.2, 0.25) is 0 Å². The van der Waals surface area contributed by atoms with Crippen LogP contribution in [0.1, 0.15) is 68.8 Å². The van der Waals surface area contributed by atoms with E-state index in [4.69, 9.17) is 9.47 Å². The normalized spacial score (nSPS) is 17.0. The van der Waals surface area contributed by atoms with Gasteiger partial charge in [-0.3, -0.25) is 14.4 Å². The van der Waals surface area contributed by atoms with Crippen LogP contribution in [0.2, 0.25) is 0 Å². The summed E-state index contributed by atoms with van der Waals surface area (Å²) in [6.07, 6.45) is 0. The molecule has 8 nitrogen and oxygen atoms in total. The summed E-state index contributed by atoms with van der Waals surface area (Å²) in [5.74, 6) is -0.873. The first-order valence-corrected chi connectivity index (χ1v) is 13.0. The molecule has 1 heterocycles. The lowest BCUT2D eigenvalue weighted by Crippen LogP contribution is -2.38. The summed E-state index contributed by atoms with van der Waals surface area (Å²) in [5.41, 5.74) is 2.77. The number of hydrogen-bond acceptors (Lipinski definition) is 7. The van der Waals surface area contributed by atoms with Gasteiger partial charge < -0.3 is 24.4 Å². The number of aryl methyl sites for hydroxylation is 1.